The number of carbonyl (C=O) groups excluding carboxylic acids is 1. The zero-order valence-electron chi connectivity index (χ0n) is 13.9. The molecule has 0 fully saturated rings. The third kappa shape index (κ3) is 4.08. The van der Waals surface area contributed by atoms with Crippen molar-refractivity contribution in [3.05, 3.63) is 66.1 Å². The molecule has 0 saturated carbocycles. The predicted molar refractivity (Wildman–Crippen MR) is 95.6 cm³/mol. The summed E-state index contributed by atoms with van der Waals surface area (Å²) in [5, 5.41) is 7.70. The number of hydrazone groups is 1. The van der Waals surface area contributed by atoms with E-state index in [4.69, 9.17) is 4.52 Å². The second kappa shape index (κ2) is 7.39. The summed E-state index contributed by atoms with van der Waals surface area (Å²) in [4.78, 5) is 18.1. The lowest BCUT2D eigenvalue weighted by molar-refractivity contribution is 0.0911. The van der Waals surface area contributed by atoms with E-state index in [-0.39, 0.29) is 5.89 Å². The first-order valence-corrected chi connectivity index (χ1v) is 7.63. The van der Waals surface area contributed by atoms with Crippen molar-refractivity contribution < 1.29 is 9.32 Å². The Morgan fingerprint density at radius 2 is 1.84 bits per heavy atom. The molecule has 25 heavy (non-hydrogen) atoms. The highest BCUT2D eigenvalue weighted by Crippen LogP contribution is 2.14. The van der Waals surface area contributed by atoms with Gasteiger partial charge in [0.2, 0.25) is 5.82 Å². The first-order chi connectivity index (χ1) is 12.1. The monoisotopic (exact) mass is 335 g/mol. The third-order valence-corrected chi connectivity index (χ3v) is 3.44. The van der Waals surface area contributed by atoms with Crippen molar-refractivity contribution in [2.24, 2.45) is 5.10 Å². The SMILES string of the molecule is CN(C)c1ccc(/C=N/NC(=O)c2nc(-c3ccccc3)no2)cc1. The van der Waals surface area contributed by atoms with Gasteiger partial charge < -0.3 is 9.42 Å². The summed E-state index contributed by atoms with van der Waals surface area (Å²) in [5.41, 5.74) is 5.09. The van der Waals surface area contributed by atoms with Gasteiger partial charge in [0.05, 0.1) is 6.21 Å². The molecule has 1 amide bonds. The molecule has 0 spiro atoms. The summed E-state index contributed by atoms with van der Waals surface area (Å²) in [6.45, 7) is 0. The molecule has 0 aliphatic carbocycles. The van der Waals surface area contributed by atoms with E-state index in [2.05, 4.69) is 20.7 Å². The lowest BCUT2D eigenvalue weighted by Crippen LogP contribution is -2.18. The van der Waals surface area contributed by atoms with Crippen LogP contribution in [0.15, 0.2) is 64.2 Å². The summed E-state index contributed by atoms with van der Waals surface area (Å²) in [6, 6.07) is 17.0. The van der Waals surface area contributed by atoms with Gasteiger partial charge in [0.1, 0.15) is 0 Å². The Morgan fingerprint density at radius 1 is 1.12 bits per heavy atom. The van der Waals surface area contributed by atoms with E-state index in [1.165, 1.54) is 0 Å². The Labute approximate surface area is 145 Å². The number of nitrogens with one attached hydrogen (secondary N) is 1. The van der Waals surface area contributed by atoms with Crippen molar-refractivity contribution >= 4 is 17.8 Å². The predicted octanol–water partition coefficient (Wildman–Crippen LogP) is 2.57. The molecule has 0 atom stereocenters. The molecule has 3 aromatic rings. The highest BCUT2D eigenvalue weighted by atomic mass is 16.5. The van der Waals surface area contributed by atoms with Crippen molar-refractivity contribution in [2.75, 3.05) is 19.0 Å². The molecule has 0 aliphatic heterocycles. The number of benzene rings is 2. The van der Waals surface area contributed by atoms with E-state index in [9.17, 15) is 4.79 Å². The van der Waals surface area contributed by atoms with Crippen molar-refractivity contribution in [2.45, 2.75) is 0 Å². The zero-order chi connectivity index (χ0) is 17.6. The third-order valence-electron chi connectivity index (χ3n) is 3.44. The molecule has 7 nitrogen and oxygen atoms in total. The Bertz CT molecular complexity index is 870. The number of anilines is 1. The topological polar surface area (TPSA) is 83.6 Å². The highest BCUT2D eigenvalue weighted by molar-refractivity contribution is 5.91. The van der Waals surface area contributed by atoms with Crippen LogP contribution >= 0.6 is 0 Å². The van der Waals surface area contributed by atoms with Crippen LogP contribution in [0.5, 0.6) is 0 Å². The summed E-state index contributed by atoms with van der Waals surface area (Å²) in [5.74, 6) is -0.344. The molecule has 3 rings (SSSR count). The molecular weight excluding hydrogens is 318 g/mol. The standard InChI is InChI=1S/C18H17N5O2/c1-23(2)15-10-8-13(9-11-15)12-19-21-17(24)18-20-16(22-25-18)14-6-4-3-5-7-14/h3-12H,1-2H3,(H,21,24)/b19-12+. The van der Waals surface area contributed by atoms with Crippen LogP contribution in [0.3, 0.4) is 0 Å². The second-order valence-electron chi connectivity index (χ2n) is 5.47. The maximum Gasteiger partial charge on any atom is 0.329 e. The van der Waals surface area contributed by atoms with Gasteiger partial charge in [-0.15, -0.1) is 0 Å². The van der Waals surface area contributed by atoms with E-state index < -0.39 is 5.91 Å². The fourth-order valence-electron chi connectivity index (χ4n) is 2.09. The first kappa shape index (κ1) is 16.4. The minimum absolute atomic E-state index is 0.140. The van der Waals surface area contributed by atoms with Gasteiger partial charge in [0, 0.05) is 25.3 Å². The van der Waals surface area contributed by atoms with Crippen LogP contribution in [-0.2, 0) is 0 Å². The largest absolute Gasteiger partial charge is 0.378 e. The number of carbonyl (C=O) groups is 1. The molecule has 0 aliphatic rings. The van der Waals surface area contributed by atoms with Gasteiger partial charge in [-0.25, -0.2) is 5.43 Å². The van der Waals surface area contributed by atoms with Crippen LogP contribution in [0.4, 0.5) is 5.69 Å². The molecule has 7 heteroatoms. The summed E-state index contributed by atoms with van der Waals surface area (Å²) >= 11 is 0. The maximum atomic E-state index is 12.0. The molecule has 1 N–H and O–H groups in total. The average Bonchev–Trinajstić information content (AvgIpc) is 3.13. The molecular formula is C18H17N5O2. The Kier molecular flexibility index (Phi) is 4.84. The van der Waals surface area contributed by atoms with Gasteiger partial charge in [0.25, 0.3) is 0 Å². The highest BCUT2D eigenvalue weighted by Gasteiger charge is 2.15. The number of rotatable bonds is 5. The Hall–Kier alpha value is -3.48. The van der Waals surface area contributed by atoms with Crippen LogP contribution in [0, 0.1) is 0 Å². The smallest absolute Gasteiger partial charge is 0.329 e. The summed E-state index contributed by atoms with van der Waals surface area (Å²) < 4.78 is 4.97. The molecule has 0 radical (unpaired) electrons. The number of nitrogens with zero attached hydrogens (tertiary/aromatic N) is 4. The maximum absolute atomic E-state index is 12.0. The zero-order valence-corrected chi connectivity index (χ0v) is 13.9. The Balaban J connectivity index is 1.62. The quantitative estimate of drug-likeness (QED) is 0.572. The van der Waals surface area contributed by atoms with E-state index in [0.29, 0.717) is 5.82 Å². The van der Waals surface area contributed by atoms with Gasteiger partial charge in [-0.3, -0.25) is 4.79 Å². The van der Waals surface area contributed by atoms with Gasteiger partial charge >= 0.3 is 11.8 Å². The molecule has 2 aromatic carbocycles. The summed E-state index contributed by atoms with van der Waals surface area (Å²) in [6.07, 6.45) is 1.55. The second-order valence-corrected chi connectivity index (χ2v) is 5.47. The minimum atomic E-state index is -0.559. The van der Waals surface area contributed by atoms with Gasteiger partial charge in [-0.05, 0) is 17.7 Å². The minimum Gasteiger partial charge on any atom is -0.378 e. The Morgan fingerprint density at radius 3 is 2.52 bits per heavy atom. The van der Waals surface area contributed by atoms with Crippen LogP contribution < -0.4 is 10.3 Å². The van der Waals surface area contributed by atoms with Crippen molar-refractivity contribution in [1.29, 1.82) is 0 Å². The normalized spacial score (nSPS) is 10.8. The molecule has 126 valence electrons. The van der Waals surface area contributed by atoms with Crippen LogP contribution in [-0.4, -0.2) is 36.4 Å². The number of aromatic nitrogens is 2. The average molecular weight is 335 g/mol. The van der Waals surface area contributed by atoms with E-state index in [1.807, 2.05) is 73.6 Å². The van der Waals surface area contributed by atoms with Crippen molar-refractivity contribution in [3.8, 4) is 11.4 Å². The molecule has 0 bridgehead atoms. The van der Waals surface area contributed by atoms with Crippen molar-refractivity contribution in [3.63, 3.8) is 0 Å². The fraction of sp³-hybridized carbons (Fsp3) is 0.111. The van der Waals surface area contributed by atoms with Crippen molar-refractivity contribution in [1.82, 2.24) is 15.6 Å². The van der Waals surface area contributed by atoms with Gasteiger partial charge in [0.15, 0.2) is 0 Å². The van der Waals surface area contributed by atoms with E-state index >= 15 is 0 Å². The molecule has 0 unspecified atom stereocenters. The lowest BCUT2D eigenvalue weighted by Gasteiger charge is -2.11. The first-order valence-electron chi connectivity index (χ1n) is 7.63. The molecule has 1 heterocycles. The fourth-order valence-corrected chi connectivity index (χ4v) is 2.09. The van der Waals surface area contributed by atoms with Gasteiger partial charge in [-0.1, -0.05) is 47.6 Å². The molecule has 1 aromatic heterocycles. The van der Waals surface area contributed by atoms with E-state index in [1.54, 1.807) is 6.21 Å². The summed E-state index contributed by atoms with van der Waals surface area (Å²) in [7, 11) is 3.94. The van der Waals surface area contributed by atoms with Gasteiger partial charge in [-0.2, -0.15) is 10.1 Å². The van der Waals surface area contributed by atoms with Crippen LogP contribution in [0.1, 0.15) is 16.2 Å². The number of hydrogen-bond acceptors (Lipinski definition) is 6. The lowest BCUT2D eigenvalue weighted by atomic mass is 10.2. The van der Waals surface area contributed by atoms with Crippen LogP contribution in [0.25, 0.3) is 11.4 Å². The number of hydrogen-bond donors (Lipinski definition) is 1. The van der Waals surface area contributed by atoms with Crippen LogP contribution in [0.2, 0.25) is 0 Å². The number of amides is 1. The molecule has 0 saturated heterocycles. The van der Waals surface area contributed by atoms with E-state index in [0.717, 1.165) is 16.8 Å².